The fourth-order valence-electron chi connectivity index (χ4n) is 0.780. The van der Waals surface area contributed by atoms with Gasteiger partial charge in [0.1, 0.15) is 0 Å². The summed E-state index contributed by atoms with van der Waals surface area (Å²) >= 11 is 0. The third-order valence-electron chi connectivity index (χ3n) is 1.30. The normalized spacial score (nSPS) is 30.4. The molecule has 0 aromatic heterocycles. The Balaban J connectivity index is 2.97. The van der Waals surface area contributed by atoms with Gasteiger partial charge < -0.3 is 0 Å². The van der Waals surface area contributed by atoms with Gasteiger partial charge in [0.2, 0.25) is 0 Å². The van der Waals surface area contributed by atoms with Crippen molar-refractivity contribution in [1.82, 2.24) is 0 Å². The SMILES string of the molecule is C=CC1C=CCS1(=O)=O. The molecule has 3 heteroatoms. The molecule has 0 bridgehead atoms. The van der Waals surface area contributed by atoms with Gasteiger partial charge in [0.25, 0.3) is 0 Å². The number of rotatable bonds is 1. The molecule has 9 heavy (non-hydrogen) atoms. The molecule has 0 aromatic carbocycles. The molecule has 2 nitrogen and oxygen atoms in total. The van der Waals surface area contributed by atoms with Crippen LogP contribution >= 0.6 is 0 Å². The van der Waals surface area contributed by atoms with Crippen LogP contribution < -0.4 is 0 Å². The third kappa shape index (κ3) is 1.05. The van der Waals surface area contributed by atoms with Gasteiger partial charge in [-0.05, 0) is 0 Å². The summed E-state index contributed by atoms with van der Waals surface area (Å²) in [5.74, 6) is 0.170. The molecule has 0 fully saturated rings. The van der Waals surface area contributed by atoms with Gasteiger partial charge in [-0.2, -0.15) is 0 Å². The minimum atomic E-state index is -2.87. The van der Waals surface area contributed by atoms with Crippen LogP contribution in [0.25, 0.3) is 0 Å². The monoisotopic (exact) mass is 144 g/mol. The topological polar surface area (TPSA) is 34.1 Å². The van der Waals surface area contributed by atoms with Crippen LogP contribution in [0.3, 0.4) is 0 Å². The second-order valence-electron chi connectivity index (χ2n) is 1.96. The lowest BCUT2D eigenvalue weighted by atomic mass is 10.4. The van der Waals surface area contributed by atoms with E-state index in [-0.39, 0.29) is 5.75 Å². The summed E-state index contributed by atoms with van der Waals surface area (Å²) in [5.41, 5.74) is 0. The highest BCUT2D eigenvalue weighted by molar-refractivity contribution is 7.92. The first-order chi connectivity index (χ1) is 4.17. The quantitative estimate of drug-likeness (QED) is 0.503. The van der Waals surface area contributed by atoms with Crippen LogP contribution in [-0.2, 0) is 9.84 Å². The molecule has 1 aliphatic rings. The number of hydrogen-bond acceptors (Lipinski definition) is 2. The van der Waals surface area contributed by atoms with Crippen molar-refractivity contribution in [2.24, 2.45) is 0 Å². The maximum absolute atomic E-state index is 10.9. The zero-order valence-corrected chi connectivity index (χ0v) is 5.76. The fraction of sp³-hybridized carbons (Fsp3) is 0.333. The highest BCUT2D eigenvalue weighted by Gasteiger charge is 2.22. The molecule has 1 unspecified atom stereocenters. The molecule has 1 aliphatic heterocycles. The predicted octanol–water partition coefficient (Wildman–Crippen LogP) is 0.526. The average molecular weight is 144 g/mol. The second kappa shape index (κ2) is 1.99. The van der Waals surface area contributed by atoms with E-state index in [9.17, 15) is 8.42 Å². The van der Waals surface area contributed by atoms with E-state index in [1.807, 2.05) is 0 Å². The van der Waals surface area contributed by atoms with Crippen molar-refractivity contribution in [3.8, 4) is 0 Å². The maximum atomic E-state index is 10.9. The van der Waals surface area contributed by atoms with Crippen LogP contribution in [0.4, 0.5) is 0 Å². The predicted molar refractivity (Wildman–Crippen MR) is 36.9 cm³/mol. The van der Waals surface area contributed by atoms with Crippen molar-refractivity contribution in [3.05, 3.63) is 24.8 Å². The van der Waals surface area contributed by atoms with E-state index in [1.54, 1.807) is 12.2 Å². The molecule has 0 radical (unpaired) electrons. The summed E-state index contributed by atoms with van der Waals surface area (Å²) in [7, 11) is -2.87. The molecule has 0 saturated heterocycles. The largest absolute Gasteiger partial charge is 0.228 e. The van der Waals surface area contributed by atoms with Crippen LogP contribution in [-0.4, -0.2) is 19.4 Å². The van der Waals surface area contributed by atoms with Crippen LogP contribution in [0.2, 0.25) is 0 Å². The highest BCUT2D eigenvalue weighted by Crippen LogP contribution is 2.12. The standard InChI is InChI=1S/C6H8O2S/c1-2-6-4-3-5-9(6,7)8/h2-4,6H,1,5H2. The van der Waals surface area contributed by atoms with Crippen molar-refractivity contribution in [2.75, 3.05) is 5.75 Å². The molecule has 0 aliphatic carbocycles. The van der Waals surface area contributed by atoms with Crippen molar-refractivity contribution in [2.45, 2.75) is 5.25 Å². The van der Waals surface area contributed by atoms with Crippen LogP contribution in [0.1, 0.15) is 0 Å². The Labute approximate surface area is 54.8 Å². The molecule has 1 atom stereocenters. The fourth-order valence-corrected chi connectivity index (χ4v) is 2.03. The minimum absolute atomic E-state index is 0.170. The first-order valence-corrected chi connectivity index (χ1v) is 4.39. The summed E-state index contributed by atoms with van der Waals surface area (Å²) in [6.07, 6.45) is 4.75. The Bertz CT molecular complexity index is 236. The Morgan fingerprint density at radius 3 is 2.56 bits per heavy atom. The molecular formula is C6H8O2S. The summed E-state index contributed by atoms with van der Waals surface area (Å²) in [6.45, 7) is 3.41. The van der Waals surface area contributed by atoms with E-state index in [0.29, 0.717) is 0 Å². The molecule has 1 heterocycles. The van der Waals surface area contributed by atoms with Gasteiger partial charge in [0, 0.05) is 0 Å². The van der Waals surface area contributed by atoms with Gasteiger partial charge in [-0.3, -0.25) is 0 Å². The Morgan fingerprint density at radius 2 is 2.33 bits per heavy atom. The van der Waals surface area contributed by atoms with Gasteiger partial charge >= 0.3 is 0 Å². The van der Waals surface area contributed by atoms with E-state index in [2.05, 4.69) is 6.58 Å². The van der Waals surface area contributed by atoms with Gasteiger partial charge in [-0.25, -0.2) is 8.42 Å². The lowest BCUT2D eigenvalue weighted by molar-refractivity contribution is 0.599. The van der Waals surface area contributed by atoms with Crippen LogP contribution in [0.15, 0.2) is 24.8 Å². The lowest BCUT2D eigenvalue weighted by Gasteiger charge is -1.97. The maximum Gasteiger partial charge on any atom is 0.163 e. The Kier molecular flexibility index (Phi) is 1.45. The molecule has 0 spiro atoms. The summed E-state index contributed by atoms with van der Waals surface area (Å²) in [6, 6.07) is 0. The van der Waals surface area contributed by atoms with E-state index >= 15 is 0 Å². The first kappa shape index (κ1) is 6.55. The van der Waals surface area contributed by atoms with Gasteiger partial charge in [-0.15, -0.1) is 6.58 Å². The molecular weight excluding hydrogens is 136 g/mol. The average Bonchev–Trinajstić information content (AvgIpc) is 2.08. The third-order valence-corrected chi connectivity index (χ3v) is 3.14. The van der Waals surface area contributed by atoms with Gasteiger partial charge in [0.05, 0.1) is 11.0 Å². The summed E-state index contributed by atoms with van der Waals surface area (Å²) < 4.78 is 21.7. The van der Waals surface area contributed by atoms with E-state index < -0.39 is 15.1 Å². The molecule has 50 valence electrons. The van der Waals surface area contributed by atoms with Crippen molar-refractivity contribution in [1.29, 1.82) is 0 Å². The summed E-state index contributed by atoms with van der Waals surface area (Å²) in [4.78, 5) is 0. The van der Waals surface area contributed by atoms with Gasteiger partial charge in [-0.1, -0.05) is 18.2 Å². The van der Waals surface area contributed by atoms with E-state index in [0.717, 1.165) is 0 Å². The second-order valence-corrected chi connectivity index (χ2v) is 4.16. The van der Waals surface area contributed by atoms with Crippen LogP contribution in [0, 0.1) is 0 Å². The molecule has 0 N–H and O–H groups in total. The minimum Gasteiger partial charge on any atom is -0.228 e. The van der Waals surface area contributed by atoms with Crippen molar-refractivity contribution in [3.63, 3.8) is 0 Å². The number of hydrogen-bond donors (Lipinski definition) is 0. The van der Waals surface area contributed by atoms with Crippen molar-refractivity contribution < 1.29 is 8.42 Å². The molecule has 1 rings (SSSR count). The van der Waals surface area contributed by atoms with Crippen LogP contribution in [0.5, 0.6) is 0 Å². The van der Waals surface area contributed by atoms with E-state index in [4.69, 9.17) is 0 Å². The van der Waals surface area contributed by atoms with Gasteiger partial charge in [0.15, 0.2) is 9.84 Å². The smallest absolute Gasteiger partial charge is 0.163 e. The Hall–Kier alpha value is -0.570. The van der Waals surface area contributed by atoms with E-state index in [1.165, 1.54) is 6.08 Å². The highest BCUT2D eigenvalue weighted by atomic mass is 32.2. The zero-order chi connectivity index (χ0) is 6.91. The first-order valence-electron chi connectivity index (χ1n) is 2.67. The van der Waals surface area contributed by atoms with Crippen molar-refractivity contribution >= 4 is 9.84 Å². The number of sulfone groups is 1. The lowest BCUT2D eigenvalue weighted by Crippen LogP contribution is -2.12. The zero-order valence-electron chi connectivity index (χ0n) is 4.95. The molecule has 0 saturated carbocycles. The summed E-state index contributed by atoms with van der Waals surface area (Å²) in [5, 5.41) is -0.433. The molecule has 0 amide bonds. The Morgan fingerprint density at radius 1 is 1.67 bits per heavy atom. The molecule has 0 aromatic rings.